The van der Waals surface area contributed by atoms with Crippen molar-refractivity contribution in [3.05, 3.63) is 102 Å². The van der Waals surface area contributed by atoms with Crippen molar-refractivity contribution in [1.82, 2.24) is 14.7 Å². The predicted molar refractivity (Wildman–Crippen MR) is 123 cm³/mol. The highest BCUT2D eigenvalue weighted by atomic mass is 32.2. The number of nitrogens with zero attached hydrogens (tertiary/aromatic N) is 3. The number of hydrogen-bond donors (Lipinski definition) is 1. The molecule has 0 radical (unpaired) electrons. The molecule has 1 N–H and O–H groups in total. The van der Waals surface area contributed by atoms with Gasteiger partial charge in [0.25, 0.3) is 0 Å². The van der Waals surface area contributed by atoms with Crippen LogP contribution >= 0.6 is 11.8 Å². The van der Waals surface area contributed by atoms with Gasteiger partial charge in [-0.2, -0.15) is 5.10 Å². The minimum atomic E-state index is -0.349. The van der Waals surface area contributed by atoms with Gasteiger partial charge in [-0.3, -0.25) is 4.79 Å². The van der Waals surface area contributed by atoms with E-state index in [2.05, 4.69) is 0 Å². The zero-order valence-electron chi connectivity index (χ0n) is 17.4. The summed E-state index contributed by atoms with van der Waals surface area (Å²) in [6.45, 7) is 0.376. The van der Waals surface area contributed by atoms with Crippen LogP contribution in [0, 0.1) is 11.6 Å². The van der Waals surface area contributed by atoms with Crippen LogP contribution in [-0.2, 0) is 11.3 Å². The van der Waals surface area contributed by atoms with Crippen molar-refractivity contribution >= 4 is 17.7 Å². The third-order valence-corrected chi connectivity index (χ3v) is 6.71. The Morgan fingerprint density at radius 3 is 2.24 bits per heavy atom. The number of thioether (sulfide) groups is 1. The summed E-state index contributed by atoms with van der Waals surface area (Å²) in [4.78, 5) is 14.5. The van der Waals surface area contributed by atoms with Crippen molar-refractivity contribution in [3.63, 3.8) is 0 Å². The topological polar surface area (TPSA) is 58.4 Å². The number of carbonyl (C=O) groups is 1. The standard InChI is InChI=1S/C25H19F2N3O2S/c26-18-5-3-17(4-6-18)24-22(14-30(28-24)20-9-7-19(27)8-10-20)25-29(23(32)15-33-25)13-16-1-11-21(31)12-2-16/h1-12,14,25,31H,13,15H2/t25-/m1/s1. The Hall–Kier alpha value is -3.65. The molecule has 4 aromatic rings. The fraction of sp³-hybridized carbons (Fsp3) is 0.120. The van der Waals surface area contributed by atoms with Crippen LogP contribution in [0.5, 0.6) is 5.75 Å². The minimum Gasteiger partial charge on any atom is -0.508 e. The lowest BCUT2D eigenvalue weighted by molar-refractivity contribution is -0.128. The average Bonchev–Trinajstić information content (AvgIpc) is 3.40. The normalized spacial score (nSPS) is 15.9. The summed E-state index contributed by atoms with van der Waals surface area (Å²) in [7, 11) is 0. The number of phenols is 1. The van der Waals surface area contributed by atoms with Gasteiger partial charge in [-0.05, 0) is 66.2 Å². The molecule has 2 heterocycles. The van der Waals surface area contributed by atoms with Crippen molar-refractivity contribution in [2.45, 2.75) is 11.9 Å². The third-order valence-electron chi connectivity index (χ3n) is 5.47. The molecule has 1 saturated heterocycles. The summed E-state index contributed by atoms with van der Waals surface area (Å²) in [5.74, 6) is -0.207. The lowest BCUT2D eigenvalue weighted by Gasteiger charge is -2.24. The summed E-state index contributed by atoms with van der Waals surface area (Å²) in [6.07, 6.45) is 1.84. The molecular weight excluding hydrogens is 444 g/mol. The Morgan fingerprint density at radius 2 is 1.58 bits per heavy atom. The van der Waals surface area contributed by atoms with Gasteiger partial charge in [0.1, 0.15) is 22.8 Å². The molecule has 33 heavy (non-hydrogen) atoms. The molecule has 1 fully saturated rings. The molecule has 1 aromatic heterocycles. The van der Waals surface area contributed by atoms with Crippen LogP contribution in [0.3, 0.4) is 0 Å². The van der Waals surface area contributed by atoms with Crippen LogP contribution in [0.15, 0.2) is 79.0 Å². The van der Waals surface area contributed by atoms with Crippen LogP contribution in [0.25, 0.3) is 16.9 Å². The summed E-state index contributed by atoms with van der Waals surface area (Å²) in [6, 6.07) is 18.8. The first kappa shape index (κ1) is 21.2. The first-order valence-electron chi connectivity index (χ1n) is 10.3. The zero-order chi connectivity index (χ0) is 22.9. The molecule has 1 aliphatic rings. The second-order valence-corrected chi connectivity index (χ2v) is 8.78. The quantitative estimate of drug-likeness (QED) is 0.437. The van der Waals surface area contributed by atoms with E-state index >= 15 is 0 Å². The zero-order valence-corrected chi connectivity index (χ0v) is 18.2. The molecule has 5 rings (SSSR count). The Morgan fingerprint density at radius 1 is 0.939 bits per heavy atom. The number of halogens is 2. The third kappa shape index (κ3) is 4.34. The maximum atomic E-state index is 13.6. The van der Waals surface area contributed by atoms with Crippen LogP contribution in [0.1, 0.15) is 16.5 Å². The largest absolute Gasteiger partial charge is 0.508 e. The van der Waals surface area contributed by atoms with Crippen LogP contribution in [0.4, 0.5) is 8.78 Å². The van der Waals surface area contributed by atoms with Crippen molar-refractivity contribution in [2.75, 3.05) is 5.75 Å². The maximum absolute atomic E-state index is 13.6. The van der Waals surface area contributed by atoms with E-state index in [0.717, 1.165) is 16.7 Å². The average molecular weight is 464 g/mol. The van der Waals surface area contributed by atoms with Gasteiger partial charge in [-0.15, -0.1) is 11.8 Å². The van der Waals surface area contributed by atoms with Crippen molar-refractivity contribution in [2.24, 2.45) is 0 Å². The Bertz CT molecular complexity index is 1290. The second kappa shape index (κ2) is 8.71. The predicted octanol–water partition coefficient (Wildman–Crippen LogP) is 5.30. The first-order chi connectivity index (χ1) is 16.0. The number of hydrogen-bond acceptors (Lipinski definition) is 4. The molecule has 0 unspecified atom stereocenters. The first-order valence-corrected chi connectivity index (χ1v) is 11.3. The summed E-state index contributed by atoms with van der Waals surface area (Å²) in [5, 5.41) is 14.0. The Labute approximate surface area is 193 Å². The lowest BCUT2D eigenvalue weighted by atomic mass is 10.1. The Balaban J connectivity index is 1.57. The molecular formula is C25H19F2N3O2S. The van der Waals surface area contributed by atoms with E-state index in [0.29, 0.717) is 23.7 Å². The summed E-state index contributed by atoms with van der Waals surface area (Å²) in [5.41, 5.74) is 3.72. The van der Waals surface area contributed by atoms with Crippen LogP contribution in [0.2, 0.25) is 0 Å². The van der Waals surface area contributed by atoms with Gasteiger partial charge in [0.15, 0.2) is 0 Å². The minimum absolute atomic E-state index is 0.00216. The maximum Gasteiger partial charge on any atom is 0.234 e. The Kier molecular flexibility index (Phi) is 5.60. The van der Waals surface area contributed by atoms with Gasteiger partial charge in [0.05, 0.1) is 17.1 Å². The van der Waals surface area contributed by atoms with Crippen LogP contribution < -0.4 is 0 Å². The number of phenolic OH excluding ortho intramolecular Hbond substituents is 1. The molecule has 0 spiro atoms. The molecule has 8 heteroatoms. The van der Waals surface area contributed by atoms with E-state index in [1.54, 1.807) is 58.1 Å². The van der Waals surface area contributed by atoms with E-state index < -0.39 is 0 Å². The highest BCUT2D eigenvalue weighted by molar-refractivity contribution is 8.00. The van der Waals surface area contributed by atoms with E-state index in [1.807, 2.05) is 6.20 Å². The van der Waals surface area contributed by atoms with Gasteiger partial charge >= 0.3 is 0 Å². The van der Waals surface area contributed by atoms with Gasteiger partial charge in [0, 0.05) is 23.9 Å². The van der Waals surface area contributed by atoms with Crippen molar-refractivity contribution < 1.29 is 18.7 Å². The van der Waals surface area contributed by atoms with Crippen LogP contribution in [-0.4, -0.2) is 31.4 Å². The molecule has 1 atom stereocenters. The molecule has 0 aliphatic carbocycles. The summed E-state index contributed by atoms with van der Waals surface area (Å²) >= 11 is 1.50. The van der Waals surface area contributed by atoms with E-state index in [9.17, 15) is 18.7 Å². The van der Waals surface area contributed by atoms with Gasteiger partial charge in [-0.25, -0.2) is 13.5 Å². The molecule has 1 aliphatic heterocycles. The number of rotatable bonds is 5. The lowest BCUT2D eigenvalue weighted by Crippen LogP contribution is -2.27. The van der Waals surface area contributed by atoms with Gasteiger partial charge < -0.3 is 10.0 Å². The number of benzene rings is 3. The SMILES string of the molecule is O=C1CS[C@H](c2cn(-c3ccc(F)cc3)nc2-c2ccc(F)cc2)N1Cc1ccc(O)cc1. The monoisotopic (exact) mass is 463 g/mol. The van der Waals surface area contributed by atoms with E-state index in [1.165, 1.54) is 36.0 Å². The fourth-order valence-electron chi connectivity index (χ4n) is 3.81. The number of amides is 1. The van der Waals surface area contributed by atoms with E-state index in [4.69, 9.17) is 5.10 Å². The smallest absolute Gasteiger partial charge is 0.234 e. The van der Waals surface area contributed by atoms with E-state index in [-0.39, 0.29) is 28.7 Å². The van der Waals surface area contributed by atoms with Gasteiger partial charge in [-0.1, -0.05) is 12.1 Å². The molecule has 0 bridgehead atoms. The van der Waals surface area contributed by atoms with Crippen molar-refractivity contribution in [1.29, 1.82) is 0 Å². The fourth-order valence-corrected chi connectivity index (χ4v) is 5.00. The highest BCUT2D eigenvalue weighted by Gasteiger charge is 2.36. The van der Waals surface area contributed by atoms with Crippen molar-refractivity contribution in [3.8, 4) is 22.7 Å². The molecule has 166 valence electrons. The second-order valence-electron chi connectivity index (χ2n) is 7.71. The molecule has 1 amide bonds. The molecule has 5 nitrogen and oxygen atoms in total. The van der Waals surface area contributed by atoms with Gasteiger partial charge in [0.2, 0.25) is 5.91 Å². The number of aromatic hydroxyl groups is 1. The highest BCUT2D eigenvalue weighted by Crippen LogP contribution is 2.43. The number of carbonyl (C=O) groups excluding carboxylic acids is 1. The molecule has 3 aromatic carbocycles. The molecule has 0 saturated carbocycles. The summed E-state index contributed by atoms with van der Waals surface area (Å²) < 4.78 is 28.6. The number of aromatic nitrogens is 2.